The summed E-state index contributed by atoms with van der Waals surface area (Å²) in [5.74, 6) is 0.767. The number of hydrogen-bond acceptors (Lipinski definition) is 7. The summed E-state index contributed by atoms with van der Waals surface area (Å²) in [5, 5.41) is 15.9. The Morgan fingerprint density at radius 3 is 2.71 bits per heavy atom. The molecule has 2 aliphatic rings. The maximum Gasteiger partial charge on any atom is 0.303 e. The van der Waals surface area contributed by atoms with Gasteiger partial charge in [0, 0.05) is 43.9 Å². The molecular formula is C29H32N6O3. The smallest absolute Gasteiger partial charge is 0.303 e. The Labute approximate surface area is 221 Å². The lowest BCUT2D eigenvalue weighted by Gasteiger charge is -2.34. The molecule has 0 bridgehead atoms. The number of carboxylic acid groups (broad SMARTS) is 1. The third kappa shape index (κ3) is 5.10. The van der Waals surface area contributed by atoms with Crippen LogP contribution in [0.4, 0.5) is 17.1 Å². The van der Waals surface area contributed by atoms with Crippen molar-refractivity contribution in [2.75, 3.05) is 55.4 Å². The van der Waals surface area contributed by atoms with Gasteiger partial charge in [-0.2, -0.15) is 0 Å². The van der Waals surface area contributed by atoms with E-state index in [1.807, 2.05) is 24.3 Å². The maximum absolute atomic E-state index is 10.7. The van der Waals surface area contributed by atoms with Crippen molar-refractivity contribution in [2.45, 2.75) is 19.0 Å². The molecule has 0 aliphatic carbocycles. The zero-order valence-electron chi connectivity index (χ0n) is 21.4. The number of carbonyl (C=O) groups is 1. The van der Waals surface area contributed by atoms with Gasteiger partial charge in [0.05, 0.1) is 29.0 Å². The van der Waals surface area contributed by atoms with Gasteiger partial charge >= 0.3 is 5.97 Å². The highest BCUT2D eigenvalue weighted by Crippen LogP contribution is 2.38. The summed E-state index contributed by atoms with van der Waals surface area (Å²) in [5.41, 5.74) is 7.34. The Morgan fingerprint density at radius 2 is 1.87 bits per heavy atom. The van der Waals surface area contributed by atoms with Crippen molar-refractivity contribution in [1.82, 2.24) is 14.9 Å². The number of likely N-dealkylation sites (N-methyl/N-ethyl adjacent to an activating group) is 1. The highest BCUT2D eigenvalue weighted by atomic mass is 16.5. The number of aromatic nitrogens is 2. The summed E-state index contributed by atoms with van der Waals surface area (Å²) in [6, 6.07) is 20.6. The number of benzene rings is 3. The Balaban J connectivity index is 1.15. The lowest BCUT2D eigenvalue weighted by atomic mass is 10.1. The molecule has 1 aromatic heterocycles. The minimum atomic E-state index is -0.808. The van der Waals surface area contributed by atoms with E-state index in [0.29, 0.717) is 13.0 Å². The molecule has 3 heterocycles. The van der Waals surface area contributed by atoms with Gasteiger partial charge in [0.1, 0.15) is 17.7 Å². The molecule has 0 radical (unpaired) electrons. The molecule has 4 aromatic rings. The molecule has 3 aromatic carbocycles. The first-order chi connectivity index (χ1) is 18.5. The van der Waals surface area contributed by atoms with Crippen LogP contribution in [0.25, 0.3) is 22.4 Å². The number of anilines is 3. The number of ether oxygens (including phenoxy) is 1. The molecule has 0 spiro atoms. The van der Waals surface area contributed by atoms with E-state index in [2.05, 4.69) is 68.9 Å². The number of aromatic amines is 1. The van der Waals surface area contributed by atoms with E-state index in [1.54, 1.807) is 0 Å². The Kier molecular flexibility index (Phi) is 6.51. The number of piperazine rings is 1. The van der Waals surface area contributed by atoms with Crippen LogP contribution in [0.5, 0.6) is 5.75 Å². The molecule has 1 unspecified atom stereocenters. The highest BCUT2D eigenvalue weighted by molar-refractivity contribution is 5.85. The Hall–Kier alpha value is -4.24. The van der Waals surface area contributed by atoms with Crippen LogP contribution in [0.2, 0.25) is 0 Å². The predicted molar refractivity (Wildman–Crippen MR) is 150 cm³/mol. The van der Waals surface area contributed by atoms with Crippen molar-refractivity contribution in [3.05, 3.63) is 66.2 Å². The number of rotatable bonds is 8. The van der Waals surface area contributed by atoms with Gasteiger partial charge in [-0.25, -0.2) is 4.98 Å². The number of H-pyrrole nitrogens is 1. The number of nitrogens with zero attached hydrogens (tertiary/aromatic N) is 3. The fraction of sp³-hybridized carbons (Fsp3) is 0.310. The largest absolute Gasteiger partial charge is 0.494 e. The molecule has 4 N–H and O–H groups in total. The topological polar surface area (TPSA) is 106 Å². The van der Waals surface area contributed by atoms with E-state index in [-0.39, 0.29) is 12.6 Å². The maximum atomic E-state index is 10.7. The highest BCUT2D eigenvalue weighted by Gasteiger charge is 2.22. The second-order valence-corrected chi connectivity index (χ2v) is 9.98. The van der Waals surface area contributed by atoms with Gasteiger partial charge in [-0.3, -0.25) is 4.79 Å². The first-order valence-corrected chi connectivity index (χ1v) is 13.1. The van der Waals surface area contributed by atoms with Gasteiger partial charge in [-0.1, -0.05) is 12.1 Å². The van der Waals surface area contributed by atoms with E-state index in [4.69, 9.17) is 14.8 Å². The third-order valence-electron chi connectivity index (χ3n) is 7.22. The second kappa shape index (κ2) is 10.3. The van der Waals surface area contributed by atoms with E-state index in [0.717, 1.165) is 71.3 Å². The summed E-state index contributed by atoms with van der Waals surface area (Å²) in [6.45, 7) is 4.60. The average Bonchev–Trinajstić information content (AvgIpc) is 3.55. The molecule has 6 rings (SSSR count). The zero-order chi connectivity index (χ0) is 26.1. The quantitative estimate of drug-likeness (QED) is 0.251. The van der Waals surface area contributed by atoms with E-state index in [1.165, 1.54) is 5.69 Å². The average molecular weight is 513 g/mol. The molecule has 1 fully saturated rings. The van der Waals surface area contributed by atoms with Gasteiger partial charge in [0.15, 0.2) is 0 Å². The van der Waals surface area contributed by atoms with Gasteiger partial charge < -0.3 is 35.3 Å². The summed E-state index contributed by atoms with van der Waals surface area (Å²) in [4.78, 5) is 23.9. The van der Waals surface area contributed by atoms with Crippen LogP contribution < -0.4 is 20.3 Å². The second-order valence-electron chi connectivity index (χ2n) is 9.98. The minimum Gasteiger partial charge on any atom is -0.494 e. The zero-order valence-corrected chi connectivity index (χ0v) is 21.4. The summed E-state index contributed by atoms with van der Waals surface area (Å²) >= 11 is 0. The molecule has 1 saturated heterocycles. The normalized spacial score (nSPS) is 17.2. The van der Waals surface area contributed by atoms with Crippen LogP contribution in [-0.2, 0) is 4.79 Å². The van der Waals surface area contributed by atoms with Crippen LogP contribution >= 0.6 is 0 Å². The third-order valence-corrected chi connectivity index (χ3v) is 7.22. The van der Waals surface area contributed by atoms with Crippen LogP contribution in [-0.4, -0.2) is 65.8 Å². The van der Waals surface area contributed by atoms with Crippen molar-refractivity contribution in [1.29, 1.82) is 0 Å². The first-order valence-electron chi connectivity index (χ1n) is 13.1. The monoisotopic (exact) mass is 512 g/mol. The van der Waals surface area contributed by atoms with Gasteiger partial charge in [0.2, 0.25) is 0 Å². The molecule has 9 nitrogen and oxygen atoms in total. The lowest BCUT2D eigenvalue weighted by Crippen LogP contribution is -2.44. The number of carboxylic acids is 1. The van der Waals surface area contributed by atoms with Crippen LogP contribution in [0, 0.1) is 0 Å². The first kappa shape index (κ1) is 24.1. The van der Waals surface area contributed by atoms with Crippen molar-refractivity contribution in [3.63, 3.8) is 0 Å². The van der Waals surface area contributed by atoms with E-state index < -0.39 is 5.97 Å². The van der Waals surface area contributed by atoms with Crippen molar-refractivity contribution in [2.24, 2.45) is 0 Å². The van der Waals surface area contributed by atoms with Crippen LogP contribution in [0.15, 0.2) is 60.7 Å². The number of nitrogens with one attached hydrogen (secondary N) is 3. The predicted octanol–water partition coefficient (Wildman–Crippen LogP) is 4.76. The Bertz CT molecular complexity index is 1460. The fourth-order valence-corrected chi connectivity index (χ4v) is 5.04. The SMILES string of the molecule is CN1CCN(c2ccc3nc(-c4ccc5c(c4)NC(c4cccc(OCCCC(=O)O)c4)N5)[nH]c3c2)CC1. The minimum absolute atomic E-state index is 0.0929. The number of hydrogen-bond donors (Lipinski definition) is 4. The Morgan fingerprint density at radius 1 is 1.03 bits per heavy atom. The fourth-order valence-electron chi connectivity index (χ4n) is 5.04. The van der Waals surface area contributed by atoms with Gasteiger partial charge in [-0.05, 0) is 67.6 Å². The molecule has 2 aliphatic heterocycles. The number of fused-ring (bicyclic) bond motifs is 2. The van der Waals surface area contributed by atoms with E-state index >= 15 is 0 Å². The standard InChI is InChI=1S/C29H32N6O3/c1-34-11-13-35(14-12-34)21-8-10-24-26(18-21)33-29(31-24)20-7-9-23-25(17-20)32-28(30-23)19-4-2-5-22(16-19)38-15-3-6-27(36)37/h2,4-5,7-10,16-18,28,30,32H,3,6,11-15H2,1H3,(H,31,33)(H,36,37). The van der Waals surface area contributed by atoms with Gasteiger partial charge in [0.25, 0.3) is 0 Å². The van der Waals surface area contributed by atoms with Crippen LogP contribution in [0.3, 0.4) is 0 Å². The number of aliphatic carboxylic acids is 1. The summed E-state index contributed by atoms with van der Waals surface area (Å²) < 4.78 is 5.75. The lowest BCUT2D eigenvalue weighted by molar-refractivity contribution is -0.137. The molecule has 196 valence electrons. The molecule has 0 saturated carbocycles. The van der Waals surface area contributed by atoms with Crippen molar-refractivity contribution < 1.29 is 14.6 Å². The molecule has 1 atom stereocenters. The van der Waals surface area contributed by atoms with Gasteiger partial charge in [-0.15, -0.1) is 0 Å². The number of imidazole rings is 1. The van der Waals surface area contributed by atoms with E-state index in [9.17, 15) is 4.79 Å². The summed E-state index contributed by atoms with van der Waals surface area (Å²) in [6.07, 6.45) is 0.489. The summed E-state index contributed by atoms with van der Waals surface area (Å²) in [7, 11) is 2.17. The van der Waals surface area contributed by atoms with Crippen molar-refractivity contribution >= 4 is 34.1 Å². The molecule has 0 amide bonds. The van der Waals surface area contributed by atoms with Crippen LogP contribution in [0.1, 0.15) is 24.6 Å². The molecule has 9 heteroatoms. The molecule has 38 heavy (non-hydrogen) atoms. The van der Waals surface area contributed by atoms with Crippen molar-refractivity contribution in [3.8, 4) is 17.1 Å². The molecular weight excluding hydrogens is 480 g/mol.